The summed E-state index contributed by atoms with van der Waals surface area (Å²) in [6.45, 7) is 2.24. The fourth-order valence-electron chi connectivity index (χ4n) is 2.77. The van der Waals surface area contributed by atoms with E-state index in [1.54, 1.807) is 11.3 Å². The van der Waals surface area contributed by atoms with Gasteiger partial charge in [0.25, 0.3) is 0 Å². The van der Waals surface area contributed by atoms with Crippen LogP contribution in [0.5, 0.6) is 0 Å². The third-order valence-electron chi connectivity index (χ3n) is 4.00. The molecule has 0 aliphatic carbocycles. The smallest absolute Gasteiger partial charge is 0.222 e. The Labute approximate surface area is 139 Å². The second-order valence-electron chi connectivity index (χ2n) is 5.76. The number of hydrogen-bond donors (Lipinski definition) is 1. The molecule has 2 aromatic rings. The van der Waals surface area contributed by atoms with E-state index in [1.807, 2.05) is 23.1 Å². The summed E-state index contributed by atoms with van der Waals surface area (Å²) >= 11 is 1.65. The highest BCUT2D eigenvalue weighted by Crippen LogP contribution is 2.22. The molecule has 1 aromatic carbocycles. The number of fused-ring (bicyclic) bond motifs is 1. The van der Waals surface area contributed by atoms with E-state index in [9.17, 15) is 9.59 Å². The van der Waals surface area contributed by atoms with Crippen molar-refractivity contribution in [2.24, 2.45) is 0 Å². The molecule has 0 unspecified atom stereocenters. The number of benzene rings is 1. The van der Waals surface area contributed by atoms with Crippen molar-refractivity contribution in [2.75, 3.05) is 19.6 Å². The molecule has 1 saturated heterocycles. The minimum Gasteiger partial charge on any atom is -0.356 e. The lowest BCUT2D eigenvalue weighted by molar-refractivity contribution is -0.127. The fraction of sp³-hybridized carbons (Fsp3) is 0.471. The highest BCUT2D eigenvalue weighted by Gasteiger charge is 2.19. The Balaban J connectivity index is 1.35. The molecule has 23 heavy (non-hydrogen) atoms. The number of para-hydroxylation sites is 1. The van der Waals surface area contributed by atoms with Gasteiger partial charge in [-0.25, -0.2) is 4.98 Å². The molecule has 0 saturated carbocycles. The number of likely N-dealkylation sites (tertiary alicyclic amines) is 1. The Morgan fingerprint density at radius 2 is 2.22 bits per heavy atom. The van der Waals surface area contributed by atoms with Crippen molar-refractivity contribution >= 4 is 33.4 Å². The first kappa shape index (κ1) is 15.9. The van der Waals surface area contributed by atoms with Gasteiger partial charge in [-0.3, -0.25) is 9.59 Å². The number of amides is 2. The Morgan fingerprint density at radius 3 is 3.00 bits per heavy atom. The number of aromatic nitrogens is 1. The van der Waals surface area contributed by atoms with Gasteiger partial charge in [0.05, 0.1) is 15.2 Å². The maximum absolute atomic E-state index is 11.9. The van der Waals surface area contributed by atoms with Crippen LogP contribution in [0.4, 0.5) is 0 Å². The molecular weight excluding hydrogens is 310 g/mol. The van der Waals surface area contributed by atoms with Crippen molar-refractivity contribution in [3.8, 4) is 0 Å². The Bertz CT molecular complexity index is 665. The van der Waals surface area contributed by atoms with Gasteiger partial charge in [0.1, 0.15) is 0 Å². The van der Waals surface area contributed by atoms with Crippen LogP contribution in [-0.2, 0) is 16.0 Å². The number of nitrogens with one attached hydrogen (secondary N) is 1. The first-order valence-electron chi connectivity index (χ1n) is 8.11. The van der Waals surface area contributed by atoms with Crippen LogP contribution in [0.15, 0.2) is 24.3 Å². The zero-order chi connectivity index (χ0) is 16.1. The predicted molar refractivity (Wildman–Crippen MR) is 91.4 cm³/mol. The van der Waals surface area contributed by atoms with Gasteiger partial charge in [-0.2, -0.15) is 0 Å². The molecule has 1 N–H and O–H groups in total. The van der Waals surface area contributed by atoms with Crippen molar-refractivity contribution in [1.82, 2.24) is 15.2 Å². The van der Waals surface area contributed by atoms with Gasteiger partial charge in [0.2, 0.25) is 11.8 Å². The minimum absolute atomic E-state index is 0.0528. The van der Waals surface area contributed by atoms with E-state index in [1.165, 1.54) is 0 Å². The van der Waals surface area contributed by atoms with Crippen molar-refractivity contribution in [3.63, 3.8) is 0 Å². The van der Waals surface area contributed by atoms with Gasteiger partial charge in [-0.1, -0.05) is 12.1 Å². The highest BCUT2D eigenvalue weighted by molar-refractivity contribution is 7.18. The number of hydrogen-bond acceptors (Lipinski definition) is 4. The maximum atomic E-state index is 11.9. The van der Waals surface area contributed by atoms with E-state index >= 15 is 0 Å². The molecule has 1 aliphatic rings. The molecule has 2 amide bonds. The van der Waals surface area contributed by atoms with Crippen LogP contribution < -0.4 is 5.32 Å². The van der Waals surface area contributed by atoms with E-state index < -0.39 is 0 Å². The van der Waals surface area contributed by atoms with Gasteiger partial charge >= 0.3 is 0 Å². The van der Waals surface area contributed by atoms with Crippen LogP contribution in [-0.4, -0.2) is 41.3 Å². The molecule has 1 aromatic heterocycles. The SMILES string of the molecule is O=C(CCc1nc2ccccc2s1)NCCCN1CCCC1=O. The largest absolute Gasteiger partial charge is 0.356 e. The zero-order valence-electron chi connectivity index (χ0n) is 13.1. The van der Waals surface area contributed by atoms with Crippen LogP contribution in [0.25, 0.3) is 10.2 Å². The summed E-state index contributed by atoms with van der Waals surface area (Å²) in [7, 11) is 0. The molecule has 1 fully saturated rings. The molecule has 0 spiro atoms. The number of carbonyl (C=O) groups excluding carboxylic acids is 2. The topological polar surface area (TPSA) is 62.3 Å². The van der Waals surface area contributed by atoms with E-state index in [4.69, 9.17) is 0 Å². The average Bonchev–Trinajstić information content (AvgIpc) is 3.15. The Hall–Kier alpha value is -1.95. The van der Waals surface area contributed by atoms with Crippen LogP contribution >= 0.6 is 11.3 Å². The standard InChI is InChI=1S/C17H21N3O2S/c21-15(18-10-4-12-20-11-3-7-17(20)22)8-9-16-19-13-5-1-2-6-14(13)23-16/h1-2,5-6H,3-4,7-12H2,(H,18,21). The summed E-state index contributed by atoms with van der Waals surface area (Å²) < 4.78 is 1.16. The molecule has 2 heterocycles. The third-order valence-corrected chi connectivity index (χ3v) is 5.10. The van der Waals surface area contributed by atoms with E-state index in [0.717, 1.165) is 41.2 Å². The molecule has 0 bridgehead atoms. The summed E-state index contributed by atoms with van der Waals surface area (Å²) in [5.41, 5.74) is 1.00. The van der Waals surface area contributed by atoms with Gasteiger partial charge < -0.3 is 10.2 Å². The summed E-state index contributed by atoms with van der Waals surface area (Å²) in [4.78, 5) is 29.8. The number of thiazole rings is 1. The lowest BCUT2D eigenvalue weighted by Gasteiger charge is -2.15. The summed E-state index contributed by atoms with van der Waals surface area (Å²) in [6, 6.07) is 8.02. The fourth-order valence-corrected chi connectivity index (χ4v) is 3.74. The normalized spacial score (nSPS) is 14.6. The van der Waals surface area contributed by atoms with Crippen molar-refractivity contribution in [1.29, 1.82) is 0 Å². The molecule has 5 nitrogen and oxygen atoms in total. The predicted octanol–water partition coefficient (Wildman–Crippen LogP) is 2.36. The maximum Gasteiger partial charge on any atom is 0.222 e. The zero-order valence-corrected chi connectivity index (χ0v) is 13.9. The van der Waals surface area contributed by atoms with Crippen LogP contribution in [0.3, 0.4) is 0 Å². The van der Waals surface area contributed by atoms with Gasteiger partial charge in [0, 0.05) is 38.9 Å². The molecule has 1 aliphatic heterocycles. The minimum atomic E-state index is 0.0528. The van der Waals surface area contributed by atoms with Crippen molar-refractivity contribution in [2.45, 2.75) is 32.1 Å². The molecule has 0 atom stereocenters. The average molecular weight is 331 g/mol. The number of aryl methyl sites for hydroxylation is 1. The molecule has 3 rings (SSSR count). The third kappa shape index (κ3) is 4.28. The quantitative estimate of drug-likeness (QED) is 0.792. The van der Waals surface area contributed by atoms with Crippen LogP contribution in [0.1, 0.15) is 30.7 Å². The number of rotatable bonds is 7. The van der Waals surface area contributed by atoms with Gasteiger partial charge in [0.15, 0.2) is 0 Å². The molecule has 6 heteroatoms. The summed E-state index contributed by atoms with van der Waals surface area (Å²) in [6.07, 6.45) is 3.60. The Kier molecular flexibility index (Phi) is 5.23. The van der Waals surface area contributed by atoms with Crippen molar-refractivity contribution in [3.05, 3.63) is 29.3 Å². The Morgan fingerprint density at radius 1 is 1.35 bits per heavy atom. The van der Waals surface area contributed by atoms with Crippen LogP contribution in [0.2, 0.25) is 0 Å². The number of carbonyl (C=O) groups is 2. The first-order chi connectivity index (χ1) is 11.2. The van der Waals surface area contributed by atoms with Crippen LogP contribution in [0, 0.1) is 0 Å². The first-order valence-corrected chi connectivity index (χ1v) is 8.93. The molecular formula is C17H21N3O2S. The van der Waals surface area contributed by atoms with Crippen molar-refractivity contribution < 1.29 is 9.59 Å². The second-order valence-corrected chi connectivity index (χ2v) is 6.88. The van der Waals surface area contributed by atoms with E-state index in [-0.39, 0.29) is 11.8 Å². The van der Waals surface area contributed by atoms with E-state index in [2.05, 4.69) is 16.4 Å². The lowest BCUT2D eigenvalue weighted by atomic mass is 10.3. The van der Waals surface area contributed by atoms with E-state index in [0.29, 0.717) is 25.8 Å². The lowest BCUT2D eigenvalue weighted by Crippen LogP contribution is -2.30. The molecule has 122 valence electrons. The number of nitrogens with zero attached hydrogens (tertiary/aromatic N) is 2. The summed E-state index contributed by atoms with van der Waals surface area (Å²) in [5.74, 6) is 0.296. The molecule has 0 radical (unpaired) electrons. The second kappa shape index (κ2) is 7.55. The van der Waals surface area contributed by atoms with Gasteiger partial charge in [-0.15, -0.1) is 11.3 Å². The summed E-state index contributed by atoms with van der Waals surface area (Å²) in [5, 5.41) is 3.93. The monoisotopic (exact) mass is 331 g/mol. The van der Waals surface area contributed by atoms with Gasteiger partial charge in [-0.05, 0) is 25.0 Å². The highest BCUT2D eigenvalue weighted by atomic mass is 32.1.